The number of pyridine rings is 1. The first-order valence-corrected chi connectivity index (χ1v) is 5.99. The largest absolute Gasteiger partial charge is 0.294 e. The number of hydrogen-bond donors (Lipinski definition) is 0. The molecule has 1 aromatic heterocycles. The molecule has 0 spiro atoms. The van der Waals surface area contributed by atoms with E-state index in [2.05, 4.69) is 4.98 Å². The fourth-order valence-electron chi connectivity index (χ4n) is 1.69. The molecule has 1 heterocycles. The Hall–Kier alpha value is -2.82. The summed E-state index contributed by atoms with van der Waals surface area (Å²) in [5, 5.41) is 10.6. The van der Waals surface area contributed by atoms with E-state index in [-0.39, 0.29) is 17.9 Å². The zero-order chi connectivity index (χ0) is 14.4. The number of allylic oxidation sites excluding steroid dienone is 1. The number of nitro benzene ring substituents is 1. The van der Waals surface area contributed by atoms with E-state index in [1.807, 2.05) is 6.07 Å². The number of carbonyl (C=O) groups is 1. The van der Waals surface area contributed by atoms with Crippen LogP contribution in [0, 0.1) is 10.1 Å². The third-order valence-corrected chi connectivity index (χ3v) is 2.64. The van der Waals surface area contributed by atoms with Crippen LogP contribution < -0.4 is 0 Å². The van der Waals surface area contributed by atoms with Crippen molar-refractivity contribution in [3.05, 3.63) is 76.1 Å². The zero-order valence-electron chi connectivity index (χ0n) is 10.6. The van der Waals surface area contributed by atoms with Gasteiger partial charge in [0.25, 0.3) is 5.69 Å². The monoisotopic (exact) mass is 268 g/mol. The SMILES string of the molecule is O=C(C=Cc1cccc([N+](=O)[O-])c1)Cc1cccnc1. The first-order valence-electron chi connectivity index (χ1n) is 5.99. The lowest BCUT2D eigenvalue weighted by atomic mass is 10.1. The van der Waals surface area contributed by atoms with Crippen LogP contribution in [0.5, 0.6) is 0 Å². The summed E-state index contributed by atoms with van der Waals surface area (Å²) in [6.07, 6.45) is 6.54. The van der Waals surface area contributed by atoms with Gasteiger partial charge in [-0.1, -0.05) is 24.3 Å². The molecule has 0 fully saturated rings. The molecule has 0 aliphatic heterocycles. The Morgan fingerprint density at radius 1 is 1.30 bits per heavy atom. The van der Waals surface area contributed by atoms with Crippen LogP contribution in [0.4, 0.5) is 5.69 Å². The van der Waals surface area contributed by atoms with E-state index in [9.17, 15) is 14.9 Å². The molecule has 0 bridgehead atoms. The third kappa shape index (κ3) is 3.84. The molecule has 2 aromatic rings. The van der Waals surface area contributed by atoms with Gasteiger partial charge < -0.3 is 0 Å². The standard InChI is InChI=1S/C15H12N2O3/c18-15(10-13-4-2-8-16-11-13)7-6-12-3-1-5-14(9-12)17(19)20/h1-9,11H,10H2. The van der Waals surface area contributed by atoms with E-state index in [0.29, 0.717) is 5.56 Å². The van der Waals surface area contributed by atoms with E-state index >= 15 is 0 Å². The lowest BCUT2D eigenvalue weighted by Crippen LogP contribution is -1.98. The van der Waals surface area contributed by atoms with Crippen LogP contribution in [0.15, 0.2) is 54.9 Å². The summed E-state index contributed by atoms with van der Waals surface area (Å²) in [6.45, 7) is 0. The summed E-state index contributed by atoms with van der Waals surface area (Å²) in [5.74, 6) is -0.0792. The van der Waals surface area contributed by atoms with Gasteiger partial charge in [-0.15, -0.1) is 0 Å². The van der Waals surface area contributed by atoms with E-state index in [1.54, 1.807) is 36.7 Å². The lowest BCUT2D eigenvalue weighted by Gasteiger charge is -1.96. The highest BCUT2D eigenvalue weighted by atomic mass is 16.6. The fraction of sp³-hybridized carbons (Fsp3) is 0.0667. The van der Waals surface area contributed by atoms with Crippen LogP contribution in [0.2, 0.25) is 0 Å². The molecule has 0 saturated carbocycles. The summed E-state index contributed by atoms with van der Waals surface area (Å²) >= 11 is 0. The van der Waals surface area contributed by atoms with Crippen LogP contribution in [0.3, 0.4) is 0 Å². The van der Waals surface area contributed by atoms with E-state index in [4.69, 9.17) is 0 Å². The molecule has 2 rings (SSSR count). The van der Waals surface area contributed by atoms with Crippen LogP contribution in [0.1, 0.15) is 11.1 Å². The van der Waals surface area contributed by atoms with Gasteiger partial charge >= 0.3 is 0 Å². The van der Waals surface area contributed by atoms with Crippen molar-refractivity contribution in [3.63, 3.8) is 0 Å². The number of rotatable bonds is 5. The average molecular weight is 268 g/mol. The molecule has 20 heavy (non-hydrogen) atoms. The van der Waals surface area contributed by atoms with Gasteiger partial charge in [-0.2, -0.15) is 0 Å². The fourth-order valence-corrected chi connectivity index (χ4v) is 1.69. The van der Waals surface area contributed by atoms with Crippen molar-refractivity contribution in [2.45, 2.75) is 6.42 Å². The van der Waals surface area contributed by atoms with Crippen molar-refractivity contribution in [3.8, 4) is 0 Å². The van der Waals surface area contributed by atoms with Crippen LogP contribution >= 0.6 is 0 Å². The summed E-state index contributed by atoms with van der Waals surface area (Å²) in [7, 11) is 0. The quantitative estimate of drug-likeness (QED) is 0.475. The molecule has 5 nitrogen and oxygen atoms in total. The number of carbonyl (C=O) groups excluding carboxylic acids is 1. The molecule has 0 unspecified atom stereocenters. The van der Waals surface area contributed by atoms with Crippen molar-refractivity contribution in [2.75, 3.05) is 0 Å². The molecular weight excluding hydrogens is 256 g/mol. The molecule has 0 aliphatic carbocycles. The van der Waals surface area contributed by atoms with Gasteiger partial charge in [-0.3, -0.25) is 19.9 Å². The molecule has 0 radical (unpaired) electrons. The summed E-state index contributed by atoms with van der Waals surface area (Å²) in [4.78, 5) is 25.9. The van der Waals surface area contributed by atoms with Crippen LogP contribution in [0.25, 0.3) is 6.08 Å². The normalized spacial score (nSPS) is 10.6. The molecule has 0 aliphatic rings. The maximum atomic E-state index is 11.8. The number of aromatic nitrogens is 1. The number of nitro groups is 1. The summed E-state index contributed by atoms with van der Waals surface area (Å²) < 4.78 is 0. The van der Waals surface area contributed by atoms with Crippen molar-refractivity contribution in [1.82, 2.24) is 4.98 Å². The van der Waals surface area contributed by atoms with Gasteiger partial charge in [0, 0.05) is 30.9 Å². The molecule has 1 aromatic carbocycles. The molecule has 100 valence electrons. The highest BCUT2D eigenvalue weighted by molar-refractivity contribution is 5.95. The smallest absolute Gasteiger partial charge is 0.270 e. The molecule has 0 atom stereocenters. The molecule has 0 amide bonds. The first kappa shape index (κ1) is 13.6. The minimum Gasteiger partial charge on any atom is -0.294 e. The maximum absolute atomic E-state index is 11.8. The highest BCUT2D eigenvalue weighted by Crippen LogP contribution is 2.14. The van der Waals surface area contributed by atoms with Gasteiger partial charge in [-0.05, 0) is 23.3 Å². The zero-order valence-corrected chi connectivity index (χ0v) is 10.6. The topological polar surface area (TPSA) is 73.1 Å². The van der Waals surface area contributed by atoms with Crippen molar-refractivity contribution >= 4 is 17.5 Å². The van der Waals surface area contributed by atoms with Crippen molar-refractivity contribution in [2.24, 2.45) is 0 Å². The number of hydrogen-bond acceptors (Lipinski definition) is 4. The van der Waals surface area contributed by atoms with Gasteiger partial charge in [0.15, 0.2) is 5.78 Å². The first-order chi connectivity index (χ1) is 9.65. The Morgan fingerprint density at radius 3 is 2.85 bits per heavy atom. The second-order valence-corrected chi connectivity index (χ2v) is 4.19. The molecule has 0 saturated heterocycles. The minimum absolute atomic E-state index is 0.00635. The number of nitrogens with zero attached hydrogens (tertiary/aromatic N) is 2. The number of ketones is 1. The second kappa shape index (κ2) is 6.38. The number of non-ortho nitro benzene ring substituents is 1. The predicted octanol–water partition coefficient (Wildman–Crippen LogP) is 2.81. The van der Waals surface area contributed by atoms with E-state index in [1.165, 1.54) is 18.2 Å². The number of benzene rings is 1. The van der Waals surface area contributed by atoms with Gasteiger partial charge in [-0.25, -0.2) is 0 Å². The Bertz CT molecular complexity index is 651. The summed E-state index contributed by atoms with van der Waals surface area (Å²) in [6, 6.07) is 9.73. The lowest BCUT2D eigenvalue weighted by molar-refractivity contribution is -0.384. The molecule has 5 heteroatoms. The Labute approximate surface area is 115 Å². The molecular formula is C15H12N2O3. The maximum Gasteiger partial charge on any atom is 0.270 e. The Balaban J connectivity index is 2.04. The van der Waals surface area contributed by atoms with Crippen molar-refractivity contribution < 1.29 is 9.72 Å². The second-order valence-electron chi connectivity index (χ2n) is 4.19. The Kier molecular flexibility index (Phi) is 4.34. The van der Waals surface area contributed by atoms with Crippen molar-refractivity contribution in [1.29, 1.82) is 0 Å². The van der Waals surface area contributed by atoms with Crippen LogP contribution in [-0.2, 0) is 11.2 Å². The minimum atomic E-state index is -0.463. The van der Waals surface area contributed by atoms with E-state index < -0.39 is 4.92 Å². The van der Waals surface area contributed by atoms with Gasteiger partial charge in [0.2, 0.25) is 0 Å². The van der Waals surface area contributed by atoms with Crippen LogP contribution in [-0.4, -0.2) is 15.7 Å². The van der Waals surface area contributed by atoms with Gasteiger partial charge in [0.05, 0.1) is 4.92 Å². The summed E-state index contributed by atoms with van der Waals surface area (Å²) in [5.41, 5.74) is 1.46. The van der Waals surface area contributed by atoms with E-state index in [0.717, 1.165) is 5.56 Å². The third-order valence-electron chi connectivity index (χ3n) is 2.64. The molecule has 0 N–H and O–H groups in total. The Morgan fingerprint density at radius 2 is 2.15 bits per heavy atom. The van der Waals surface area contributed by atoms with Gasteiger partial charge in [0.1, 0.15) is 0 Å². The highest BCUT2D eigenvalue weighted by Gasteiger charge is 2.04. The predicted molar refractivity (Wildman–Crippen MR) is 75.1 cm³/mol. The average Bonchev–Trinajstić information content (AvgIpc) is 2.46.